The lowest BCUT2D eigenvalue weighted by atomic mass is 10.2. The van der Waals surface area contributed by atoms with Gasteiger partial charge >= 0.3 is 5.97 Å². The van der Waals surface area contributed by atoms with Crippen molar-refractivity contribution in [3.8, 4) is 5.75 Å². The molecule has 0 saturated heterocycles. The molecular formula is C12H15BrO3. The summed E-state index contributed by atoms with van der Waals surface area (Å²) in [6, 6.07) is 5.69. The number of halogens is 1. The monoisotopic (exact) mass is 286 g/mol. The third-order valence-electron chi connectivity index (χ3n) is 1.90. The zero-order valence-corrected chi connectivity index (χ0v) is 11.0. The van der Waals surface area contributed by atoms with Gasteiger partial charge in [0, 0.05) is 0 Å². The van der Waals surface area contributed by atoms with Crippen molar-refractivity contribution < 1.29 is 14.3 Å². The second-order valence-corrected chi connectivity index (χ2v) is 4.30. The molecule has 0 N–H and O–H groups in total. The normalized spacial score (nSPS) is 9.94. The molecule has 3 nitrogen and oxygen atoms in total. The van der Waals surface area contributed by atoms with Crippen molar-refractivity contribution in [3.63, 3.8) is 0 Å². The second-order valence-electron chi connectivity index (χ2n) is 3.44. The Morgan fingerprint density at radius 1 is 1.44 bits per heavy atom. The van der Waals surface area contributed by atoms with E-state index in [1.807, 2.05) is 32.0 Å². The average molecular weight is 287 g/mol. The summed E-state index contributed by atoms with van der Waals surface area (Å²) < 4.78 is 11.1. The lowest BCUT2D eigenvalue weighted by Crippen LogP contribution is -2.15. The molecule has 0 fully saturated rings. The molecule has 0 aliphatic carbocycles. The third-order valence-corrected chi connectivity index (χ3v) is 2.52. The first-order valence-electron chi connectivity index (χ1n) is 5.18. The molecule has 0 unspecified atom stereocenters. The fraction of sp³-hybridized carbons (Fsp3) is 0.417. The zero-order valence-electron chi connectivity index (χ0n) is 9.46. The first kappa shape index (κ1) is 13.0. The number of hydrogen-bond donors (Lipinski definition) is 0. The maximum absolute atomic E-state index is 11.2. The Morgan fingerprint density at radius 3 is 2.81 bits per heavy atom. The van der Waals surface area contributed by atoms with Crippen molar-refractivity contribution in [1.29, 1.82) is 0 Å². The van der Waals surface area contributed by atoms with E-state index in [9.17, 15) is 4.79 Å². The number of carbonyl (C=O) groups is 1. The summed E-state index contributed by atoms with van der Waals surface area (Å²) in [6.07, 6.45) is 0.819. The van der Waals surface area contributed by atoms with E-state index in [0.29, 0.717) is 12.4 Å². The molecule has 0 heterocycles. The number of aryl methyl sites for hydroxylation is 1. The van der Waals surface area contributed by atoms with Crippen molar-refractivity contribution >= 4 is 21.9 Å². The van der Waals surface area contributed by atoms with Crippen LogP contribution in [-0.4, -0.2) is 19.2 Å². The van der Waals surface area contributed by atoms with E-state index in [2.05, 4.69) is 15.9 Å². The molecule has 16 heavy (non-hydrogen) atoms. The Bertz CT molecular complexity index is 363. The van der Waals surface area contributed by atoms with Crippen LogP contribution >= 0.6 is 15.9 Å². The summed E-state index contributed by atoms with van der Waals surface area (Å²) in [6.45, 7) is 4.33. The molecule has 0 saturated carbocycles. The molecule has 0 aliphatic heterocycles. The molecule has 0 spiro atoms. The van der Waals surface area contributed by atoms with Crippen molar-refractivity contribution in [2.24, 2.45) is 0 Å². The molecule has 0 aromatic heterocycles. The van der Waals surface area contributed by atoms with Gasteiger partial charge in [-0.2, -0.15) is 0 Å². The van der Waals surface area contributed by atoms with E-state index in [1.165, 1.54) is 0 Å². The minimum atomic E-state index is -0.339. The maximum Gasteiger partial charge on any atom is 0.344 e. The van der Waals surface area contributed by atoms with Crippen molar-refractivity contribution in [2.75, 3.05) is 13.2 Å². The first-order valence-corrected chi connectivity index (χ1v) is 5.97. The van der Waals surface area contributed by atoms with Crippen LogP contribution in [0.15, 0.2) is 22.7 Å². The summed E-state index contributed by atoms with van der Waals surface area (Å²) in [4.78, 5) is 11.2. The second kappa shape index (κ2) is 6.53. The van der Waals surface area contributed by atoms with E-state index in [-0.39, 0.29) is 12.6 Å². The van der Waals surface area contributed by atoms with Gasteiger partial charge in [0.05, 0.1) is 11.1 Å². The van der Waals surface area contributed by atoms with Gasteiger partial charge in [-0.25, -0.2) is 4.79 Å². The van der Waals surface area contributed by atoms with Crippen molar-refractivity contribution in [2.45, 2.75) is 20.3 Å². The van der Waals surface area contributed by atoms with Crippen molar-refractivity contribution in [3.05, 3.63) is 28.2 Å². The summed E-state index contributed by atoms with van der Waals surface area (Å²) in [5.74, 6) is 0.313. The first-order chi connectivity index (χ1) is 7.63. The molecule has 0 aliphatic rings. The summed E-state index contributed by atoms with van der Waals surface area (Å²) >= 11 is 3.37. The highest BCUT2D eigenvalue weighted by atomic mass is 79.9. The standard InChI is InChI=1S/C12H15BrO3/c1-3-6-15-12(14)8-16-11-5-4-9(2)7-10(11)13/h4-5,7H,3,6,8H2,1-2H3. The topological polar surface area (TPSA) is 35.5 Å². The molecule has 4 heteroatoms. The molecular weight excluding hydrogens is 272 g/mol. The molecule has 0 bridgehead atoms. The fourth-order valence-corrected chi connectivity index (χ4v) is 1.72. The van der Waals surface area contributed by atoms with Crippen LogP contribution in [0.3, 0.4) is 0 Å². The Morgan fingerprint density at radius 2 is 2.19 bits per heavy atom. The predicted molar refractivity (Wildman–Crippen MR) is 65.6 cm³/mol. The Labute approximate surface area is 104 Å². The number of hydrogen-bond acceptors (Lipinski definition) is 3. The quantitative estimate of drug-likeness (QED) is 0.781. The number of ether oxygens (including phenoxy) is 2. The highest BCUT2D eigenvalue weighted by Crippen LogP contribution is 2.25. The summed E-state index contributed by atoms with van der Waals surface area (Å²) in [7, 11) is 0. The molecule has 0 radical (unpaired) electrons. The van der Waals surface area contributed by atoms with E-state index in [4.69, 9.17) is 9.47 Å². The van der Waals surface area contributed by atoms with Gasteiger partial charge in [-0.05, 0) is 47.0 Å². The summed E-state index contributed by atoms with van der Waals surface area (Å²) in [5.41, 5.74) is 1.13. The SMILES string of the molecule is CCCOC(=O)COc1ccc(C)cc1Br. The van der Waals surface area contributed by atoms with Gasteiger partial charge in [-0.3, -0.25) is 0 Å². The van der Waals surface area contributed by atoms with Crippen LogP contribution in [0.4, 0.5) is 0 Å². The highest BCUT2D eigenvalue weighted by molar-refractivity contribution is 9.10. The van der Waals surface area contributed by atoms with Gasteiger partial charge in [0.1, 0.15) is 5.75 Å². The highest BCUT2D eigenvalue weighted by Gasteiger charge is 2.06. The zero-order chi connectivity index (χ0) is 12.0. The minimum Gasteiger partial charge on any atom is -0.481 e. The fourth-order valence-electron chi connectivity index (χ4n) is 1.12. The summed E-state index contributed by atoms with van der Waals surface area (Å²) in [5, 5.41) is 0. The number of benzene rings is 1. The van der Waals surface area contributed by atoms with Crippen LogP contribution < -0.4 is 4.74 Å². The molecule has 88 valence electrons. The van der Waals surface area contributed by atoms with Crippen LogP contribution in [0.5, 0.6) is 5.75 Å². The third kappa shape index (κ3) is 4.23. The van der Waals surface area contributed by atoms with Crippen LogP contribution in [0.1, 0.15) is 18.9 Å². The van der Waals surface area contributed by atoms with Gasteiger partial charge in [-0.15, -0.1) is 0 Å². The van der Waals surface area contributed by atoms with Crippen molar-refractivity contribution in [1.82, 2.24) is 0 Å². The van der Waals surface area contributed by atoms with Crippen LogP contribution in [0.25, 0.3) is 0 Å². The molecule has 1 rings (SSSR count). The van der Waals surface area contributed by atoms with Gasteiger partial charge in [0.25, 0.3) is 0 Å². The minimum absolute atomic E-state index is 0.0539. The smallest absolute Gasteiger partial charge is 0.344 e. The van der Waals surface area contributed by atoms with Gasteiger partial charge in [0.2, 0.25) is 0 Å². The number of carbonyl (C=O) groups excluding carboxylic acids is 1. The van der Waals surface area contributed by atoms with E-state index in [1.54, 1.807) is 0 Å². The molecule has 0 amide bonds. The molecule has 1 aromatic carbocycles. The van der Waals surface area contributed by atoms with Crippen LogP contribution in [0, 0.1) is 6.92 Å². The van der Waals surface area contributed by atoms with Gasteiger partial charge in [-0.1, -0.05) is 13.0 Å². The van der Waals surface area contributed by atoms with Gasteiger partial charge < -0.3 is 9.47 Å². The average Bonchev–Trinajstić information content (AvgIpc) is 2.25. The lowest BCUT2D eigenvalue weighted by Gasteiger charge is -2.08. The van der Waals surface area contributed by atoms with Crippen LogP contribution in [0.2, 0.25) is 0 Å². The van der Waals surface area contributed by atoms with E-state index >= 15 is 0 Å². The maximum atomic E-state index is 11.2. The Kier molecular flexibility index (Phi) is 5.32. The van der Waals surface area contributed by atoms with E-state index in [0.717, 1.165) is 16.5 Å². The molecule has 0 atom stereocenters. The number of esters is 1. The lowest BCUT2D eigenvalue weighted by molar-refractivity contribution is -0.146. The Hall–Kier alpha value is -1.03. The predicted octanol–water partition coefficient (Wildman–Crippen LogP) is 3.09. The van der Waals surface area contributed by atoms with Gasteiger partial charge in [0.15, 0.2) is 6.61 Å². The Balaban J connectivity index is 2.45. The largest absolute Gasteiger partial charge is 0.481 e. The number of rotatable bonds is 5. The van der Waals surface area contributed by atoms with E-state index < -0.39 is 0 Å². The van der Waals surface area contributed by atoms with Crippen LogP contribution in [-0.2, 0) is 9.53 Å². The molecule has 1 aromatic rings.